The van der Waals surface area contributed by atoms with Crippen LogP contribution in [0.5, 0.6) is 0 Å². The molecule has 0 aliphatic rings. The van der Waals surface area contributed by atoms with E-state index >= 15 is 0 Å². The maximum Gasteiger partial charge on any atom is 0.216 e. The Balaban J connectivity index is 2.40. The van der Waals surface area contributed by atoms with Gasteiger partial charge in [-0.1, -0.05) is 6.07 Å². The molecule has 0 radical (unpaired) electrons. The van der Waals surface area contributed by atoms with Crippen LogP contribution in [-0.4, -0.2) is 19.0 Å². The molecule has 0 fully saturated rings. The van der Waals surface area contributed by atoms with Gasteiger partial charge in [-0.15, -0.1) is 0 Å². The number of benzene rings is 1. The molecule has 1 aromatic rings. The molecule has 0 saturated carbocycles. The van der Waals surface area contributed by atoms with Crippen molar-refractivity contribution in [2.45, 2.75) is 20.8 Å². The van der Waals surface area contributed by atoms with Crippen LogP contribution in [0.15, 0.2) is 18.2 Å². The Bertz CT molecular complexity index is 327. The van der Waals surface area contributed by atoms with Crippen molar-refractivity contribution >= 4 is 11.6 Å². The Kier molecular flexibility index (Phi) is 4.16. The van der Waals surface area contributed by atoms with Crippen LogP contribution in [0.3, 0.4) is 0 Å². The van der Waals surface area contributed by atoms with Gasteiger partial charge < -0.3 is 10.6 Å². The summed E-state index contributed by atoms with van der Waals surface area (Å²) in [6, 6.07) is 6.33. The summed E-state index contributed by atoms with van der Waals surface area (Å²) >= 11 is 0. The zero-order chi connectivity index (χ0) is 11.3. The van der Waals surface area contributed by atoms with E-state index in [0.29, 0.717) is 6.54 Å². The van der Waals surface area contributed by atoms with E-state index in [0.717, 1.165) is 12.2 Å². The lowest BCUT2D eigenvalue weighted by molar-refractivity contribution is -0.118. The van der Waals surface area contributed by atoms with Gasteiger partial charge in [0.2, 0.25) is 5.91 Å². The van der Waals surface area contributed by atoms with Gasteiger partial charge in [0.05, 0.1) is 0 Å². The second-order valence-corrected chi connectivity index (χ2v) is 3.79. The minimum Gasteiger partial charge on any atom is -0.383 e. The summed E-state index contributed by atoms with van der Waals surface area (Å²) in [6.45, 7) is 7.08. The number of hydrogen-bond acceptors (Lipinski definition) is 2. The van der Waals surface area contributed by atoms with Crippen molar-refractivity contribution in [1.29, 1.82) is 0 Å². The van der Waals surface area contributed by atoms with Crippen LogP contribution in [0.2, 0.25) is 0 Å². The molecule has 0 aromatic heterocycles. The van der Waals surface area contributed by atoms with Crippen LogP contribution < -0.4 is 10.6 Å². The van der Waals surface area contributed by atoms with Gasteiger partial charge in [-0.3, -0.25) is 4.79 Å². The topological polar surface area (TPSA) is 41.1 Å². The number of amides is 1. The Hall–Kier alpha value is -1.51. The molecule has 15 heavy (non-hydrogen) atoms. The highest BCUT2D eigenvalue weighted by Gasteiger charge is 1.95. The molecule has 3 heteroatoms. The zero-order valence-electron chi connectivity index (χ0n) is 9.55. The van der Waals surface area contributed by atoms with Crippen molar-refractivity contribution in [3.8, 4) is 0 Å². The van der Waals surface area contributed by atoms with E-state index in [1.54, 1.807) is 0 Å². The molecule has 0 heterocycles. The molecule has 82 valence electrons. The molecule has 0 aliphatic carbocycles. The summed E-state index contributed by atoms with van der Waals surface area (Å²) < 4.78 is 0. The minimum absolute atomic E-state index is 0.0113. The maximum absolute atomic E-state index is 10.6. The van der Waals surface area contributed by atoms with Crippen LogP contribution in [0, 0.1) is 13.8 Å². The first-order valence-electron chi connectivity index (χ1n) is 5.14. The number of carbonyl (C=O) groups is 1. The van der Waals surface area contributed by atoms with Crippen LogP contribution in [-0.2, 0) is 4.79 Å². The molecule has 0 unspecified atom stereocenters. The predicted octanol–water partition coefficient (Wildman–Crippen LogP) is 1.85. The molecule has 0 spiro atoms. The van der Waals surface area contributed by atoms with E-state index in [4.69, 9.17) is 0 Å². The molecule has 1 aromatic carbocycles. The normalized spacial score (nSPS) is 9.80. The van der Waals surface area contributed by atoms with Gasteiger partial charge in [0, 0.05) is 25.7 Å². The predicted molar refractivity (Wildman–Crippen MR) is 63.1 cm³/mol. The standard InChI is InChI=1S/C12H18N2O/c1-9-6-10(2)8-12(7-9)14-5-4-13-11(3)15/h6-8,14H,4-5H2,1-3H3,(H,13,15). The first-order chi connectivity index (χ1) is 7.08. The van der Waals surface area contributed by atoms with Gasteiger partial charge in [0.1, 0.15) is 0 Å². The summed E-state index contributed by atoms with van der Waals surface area (Å²) in [6.07, 6.45) is 0. The first-order valence-corrected chi connectivity index (χ1v) is 5.14. The number of carbonyl (C=O) groups excluding carboxylic acids is 1. The number of hydrogen-bond donors (Lipinski definition) is 2. The van der Waals surface area contributed by atoms with Crippen molar-refractivity contribution in [3.05, 3.63) is 29.3 Å². The van der Waals surface area contributed by atoms with Gasteiger partial charge in [-0.25, -0.2) is 0 Å². The highest BCUT2D eigenvalue weighted by atomic mass is 16.1. The first kappa shape index (κ1) is 11.6. The fourth-order valence-corrected chi connectivity index (χ4v) is 1.52. The fraction of sp³-hybridized carbons (Fsp3) is 0.417. The lowest BCUT2D eigenvalue weighted by Gasteiger charge is -2.08. The SMILES string of the molecule is CC(=O)NCCNc1cc(C)cc(C)c1. The van der Waals surface area contributed by atoms with E-state index in [2.05, 4.69) is 42.7 Å². The van der Waals surface area contributed by atoms with E-state index in [-0.39, 0.29) is 5.91 Å². The molecule has 0 atom stereocenters. The monoisotopic (exact) mass is 206 g/mol. The average molecular weight is 206 g/mol. The van der Waals surface area contributed by atoms with E-state index < -0.39 is 0 Å². The van der Waals surface area contributed by atoms with Gasteiger partial charge >= 0.3 is 0 Å². The lowest BCUT2D eigenvalue weighted by Crippen LogP contribution is -2.26. The molecule has 1 amide bonds. The second kappa shape index (κ2) is 5.39. The Labute approximate surface area is 90.9 Å². The zero-order valence-corrected chi connectivity index (χ0v) is 9.55. The van der Waals surface area contributed by atoms with Crippen molar-refractivity contribution < 1.29 is 4.79 Å². The quantitative estimate of drug-likeness (QED) is 0.738. The maximum atomic E-state index is 10.6. The average Bonchev–Trinajstić information content (AvgIpc) is 2.10. The number of rotatable bonds is 4. The third-order valence-corrected chi connectivity index (χ3v) is 2.05. The Morgan fingerprint density at radius 1 is 1.13 bits per heavy atom. The fourth-order valence-electron chi connectivity index (χ4n) is 1.52. The molecule has 1 rings (SSSR count). The third-order valence-electron chi connectivity index (χ3n) is 2.05. The van der Waals surface area contributed by atoms with Gasteiger partial charge in [-0.05, 0) is 37.1 Å². The van der Waals surface area contributed by atoms with Crippen molar-refractivity contribution in [1.82, 2.24) is 5.32 Å². The van der Waals surface area contributed by atoms with Crippen molar-refractivity contribution in [2.24, 2.45) is 0 Å². The minimum atomic E-state index is 0.0113. The highest BCUT2D eigenvalue weighted by molar-refractivity contribution is 5.72. The second-order valence-electron chi connectivity index (χ2n) is 3.79. The third kappa shape index (κ3) is 4.49. The van der Waals surface area contributed by atoms with Gasteiger partial charge in [0.15, 0.2) is 0 Å². The van der Waals surface area contributed by atoms with Crippen LogP contribution >= 0.6 is 0 Å². The smallest absolute Gasteiger partial charge is 0.216 e. The van der Waals surface area contributed by atoms with Gasteiger partial charge in [0.25, 0.3) is 0 Å². The highest BCUT2D eigenvalue weighted by Crippen LogP contribution is 2.12. The summed E-state index contributed by atoms with van der Waals surface area (Å²) in [5.41, 5.74) is 3.60. The molecule has 0 saturated heterocycles. The Morgan fingerprint density at radius 2 is 1.73 bits per heavy atom. The number of nitrogens with one attached hydrogen (secondary N) is 2. The van der Waals surface area contributed by atoms with Crippen LogP contribution in [0.25, 0.3) is 0 Å². The summed E-state index contributed by atoms with van der Waals surface area (Å²) in [5, 5.41) is 6.01. The summed E-state index contributed by atoms with van der Waals surface area (Å²) in [4.78, 5) is 10.6. The molecular formula is C12H18N2O. The molecule has 2 N–H and O–H groups in total. The number of anilines is 1. The molecule has 0 aliphatic heterocycles. The van der Waals surface area contributed by atoms with E-state index in [1.807, 2.05) is 0 Å². The van der Waals surface area contributed by atoms with E-state index in [1.165, 1.54) is 18.1 Å². The Morgan fingerprint density at radius 3 is 2.27 bits per heavy atom. The van der Waals surface area contributed by atoms with Crippen LogP contribution in [0.1, 0.15) is 18.1 Å². The molecule has 0 bridgehead atoms. The van der Waals surface area contributed by atoms with Gasteiger partial charge in [-0.2, -0.15) is 0 Å². The summed E-state index contributed by atoms with van der Waals surface area (Å²) in [7, 11) is 0. The lowest BCUT2D eigenvalue weighted by atomic mass is 10.1. The van der Waals surface area contributed by atoms with Crippen molar-refractivity contribution in [2.75, 3.05) is 18.4 Å². The van der Waals surface area contributed by atoms with Crippen molar-refractivity contribution in [3.63, 3.8) is 0 Å². The summed E-state index contributed by atoms with van der Waals surface area (Å²) in [5.74, 6) is 0.0113. The molecule has 3 nitrogen and oxygen atoms in total. The van der Waals surface area contributed by atoms with Crippen LogP contribution in [0.4, 0.5) is 5.69 Å². The number of aryl methyl sites for hydroxylation is 2. The molecular weight excluding hydrogens is 188 g/mol. The van der Waals surface area contributed by atoms with E-state index in [9.17, 15) is 4.79 Å². The largest absolute Gasteiger partial charge is 0.383 e.